The van der Waals surface area contributed by atoms with Crippen molar-refractivity contribution in [1.82, 2.24) is 24.3 Å². The third kappa shape index (κ3) is 6.06. The molecule has 0 aliphatic carbocycles. The summed E-state index contributed by atoms with van der Waals surface area (Å²) >= 11 is 0. The Labute approximate surface area is 152 Å². The number of likely N-dealkylation sites (tertiary alicyclic amines) is 1. The summed E-state index contributed by atoms with van der Waals surface area (Å²) in [6, 6.07) is 0.406. The van der Waals surface area contributed by atoms with E-state index < -0.39 is 10.0 Å². The summed E-state index contributed by atoms with van der Waals surface area (Å²) in [5.41, 5.74) is 1.29. The minimum Gasteiger partial charge on any atom is -0.306 e. The smallest absolute Gasteiger partial charge is 0.211 e. The lowest BCUT2D eigenvalue weighted by Gasteiger charge is -2.40. The van der Waals surface area contributed by atoms with Gasteiger partial charge in [-0.15, -0.1) is 0 Å². The molecule has 2 heterocycles. The Morgan fingerprint density at radius 1 is 1.40 bits per heavy atom. The molecule has 1 aliphatic rings. The van der Waals surface area contributed by atoms with E-state index >= 15 is 0 Å². The van der Waals surface area contributed by atoms with E-state index in [1.807, 2.05) is 17.9 Å². The summed E-state index contributed by atoms with van der Waals surface area (Å²) < 4.78 is 27.4. The SMILES string of the molecule is CCS(=O)(=O)NCCCN(C)C[C@@H]1CCCN(C)[C@H]1c1cnn(C)c1. The first-order valence-corrected chi connectivity index (χ1v) is 10.8. The summed E-state index contributed by atoms with van der Waals surface area (Å²) in [6.45, 7) is 5.21. The molecule has 0 radical (unpaired) electrons. The fraction of sp³-hybridized carbons (Fsp3) is 0.824. The lowest BCUT2D eigenvalue weighted by molar-refractivity contribution is 0.0941. The van der Waals surface area contributed by atoms with E-state index in [-0.39, 0.29) is 5.75 Å². The Morgan fingerprint density at radius 3 is 2.80 bits per heavy atom. The third-order valence-electron chi connectivity index (χ3n) is 5.04. The first kappa shape index (κ1) is 20.4. The van der Waals surface area contributed by atoms with Crippen molar-refractivity contribution >= 4 is 10.0 Å². The van der Waals surface area contributed by atoms with Crippen LogP contribution in [-0.2, 0) is 17.1 Å². The molecule has 8 heteroatoms. The molecule has 1 fully saturated rings. The molecule has 144 valence electrons. The van der Waals surface area contributed by atoms with Crippen LogP contribution in [0.3, 0.4) is 0 Å². The molecule has 1 N–H and O–H groups in total. The number of hydrogen-bond acceptors (Lipinski definition) is 5. The number of hydrogen-bond donors (Lipinski definition) is 1. The maximum Gasteiger partial charge on any atom is 0.211 e. The molecule has 25 heavy (non-hydrogen) atoms. The van der Waals surface area contributed by atoms with Gasteiger partial charge in [0, 0.05) is 37.9 Å². The van der Waals surface area contributed by atoms with E-state index in [4.69, 9.17) is 0 Å². The second-order valence-corrected chi connectivity index (χ2v) is 9.28. The van der Waals surface area contributed by atoms with Crippen LogP contribution in [0.4, 0.5) is 0 Å². The standard InChI is InChI=1S/C17H33N5O2S/c1-5-25(23,24)19-9-7-10-20(2)13-15-8-6-11-21(3)17(15)16-12-18-22(4)14-16/h12,14-15,17,19H,5-11,13H2,1-4H3/t15-,17+/m0/s1. The second-order valence-electron chi connectivity index (χ2n) is 7.19. The van der Waals surface area contributed by atoms with Crippen LogP contribution in [-0.4, -0.2) is 74.0 Å². The minimum atomic E-state index is -3.08. The molecule has 0 spiro atoms. The highest BCUT2D eigenvalue weighted by Gasteiger charge is 2.31. The lowest BCUT2D eigenvalue weighted by atomic mass is 9.85. The van der Waals surface area contributed by atoms with Crippen LogP contribution in [0.5, 0.6) is 0 Å². The fourth-order valence-corrected chi connectivity index (χ4v) is 4.40. The zero-order valence-electron chi connectivity index (χ0n) is 16.0. The number of aryl methyl sites for hydroxylation is 1. The van der Waals surface area contributed by atoms with Crippen molar-refractivity contribution < 1.29 is 8.42 Å². The summed E-state index contributed by atoms with van der Waals surface area (Å²) in [7, 11) is 3.21. The molecular formula is C17H33N5O2S. The minimum absolute atomic E-state index is 0.143. The lowest BCUT2D eigenvalue weighted by Crippen LogP contribution is -2.41. The van der Waals surface area contributed by atoms with Crippen LogP contribution in [0.25, 0.3) is 0 Å². The monoisotopic (exact) mass is 371 g/mol. The molecule has 1 saturated heterocycles. The molecule has 7 nitrogen and oxygen atoms in total. The third-order valence-corrected chi connectivity index (χ3v) is 6.44. The van der Waals surface area contributed by atoms with Gasteiger partial charge in [0.05, 0.1) is 11.9 Å². The summed E-state index contributed by atoms with van der Waals surface area (Å²) in [5, 5.41) is 4.34. The summed E-state index contributed by atoms with van der Waals surface area (Å²) in [4.78, 5) is 4.77. The van der Waals surface area contributed by atoms with Crippen LogP contribution in [0.2, 0.25) is 0 Å². The average molecular weight is 372 g/mol. The molecule has 1 aromatic heterocycles. The van der Waals surface area contributed by atoms with Gasteiger partial charge in [0.25, 0.3) is 0 Å². The number of rotatable bonds is 9. The van der Waals surface area contributed by atoms with E-state index in [2.05, 4.69) is 39.9 Å². The number of aromatic nitrogens is 2. The van der Waals surface area contributed by atoms with E-state index in [1.165, 1.54) is 18.4 Å². The molecule has 0 bridgehead atoms. The van der Waals surface area contributed by atoms with Gasteiger partial charge in [0.15, 0.2) is 0 Å². The van der Waals surface area contributed by atoms with Crippen molar-refractivity contribution in [2.75, 3.05) is 46.0 Å². The molecule has 0 aromatic carbocycles. The van der Waals surface area contributed by atoms with Crippen molar-refractivity contribution in [2.24, 2.45) is 13.0 Å². The van der Waals surface area contributed by atoms with Crippen LogP contribution >= 0.6 is 0 Å². The van der Waals surface area contributed by atoms with E-state index in [1.54, 1.807) is 6.92 Å². The van der Waals surface area contributed by atoms with Crippen molar-refractivity contribution in [2.45, 2.75) is 32.2 Å². The highest BCUT2D eigenvalue weighted by atomic mass is 32.2. The van der Waals surface area contributed by atoms with Gasteiger partial charge in [-0.2, -0.15) is 5.10 Å². The van der Waals surface area contributed by atoms with Gasteiger partial charge in [-0.25, -0.2) is 13.1 Å². The zero-order valence-corrected chi connectivity index (χ0v) is 16.8. The van der Waals surface area contributed by atoms with Crippen molar-refractivity contribution in [3.05, 3.63) is 18.0 Å². The van der Waals surface area contributed by atoms with Crippen molar-refractivity contribution in [3.8, 4) is 0 Å². The Kier molecular flexibility index (Phi) is 7.42. The van der Waals surface area contributed by atoms with Crippen LogP contribution in [0, 0.1) is 5.92 Å². The average Bonchev–Trinajstić information content (AvgIpc) is 2.98. The largest absolute Gasteiger partial charge is 0.306 e. The van der Waals surface area contributed by atoms with Gasteiger partial charge >= 0.3 is 0 Å². The first-order chi connectivity index (χ1) is 11.8. The number of nitrogens with one attached hydrogen (secondary N) is 1. The van der Waals surface area contributed by atoms with Gasteiger partial charge in [-0.1, -0.05) is 0 Å². The van der Waals surface area contributed by atoms with Crippen molar-refractivity contribution in [3.63, 3.8) is 0 Å². The highest BCUT2D eigenvalue weighted by molar-refractivity contribution is 7.89. The Bertz CT molecular complexity index is 631. The molecule has 1 aliphatic heterocycles. The molecular weight excluding hydrogens is 338 g/mol. The summed E-state index contributed by atoms with van der Waals surface area (Å²) in [6.07, 6.45) is 7.38. The molecule has 0 amide bonds. The molecule has 2 atom stereocenters. The van der Waals surface area contributed by atoms with Gasteiger partial charge in [-0.05, 0) is 59.3 Å². The normalized spacial score (nSPS) is 22.6. The fourth-order valence-electron chi connectivity index (χ4n) is 3.74. The maximum absolute atomic E-state index is 11.5. The summed E-state index contributed by atoms with van der Waals surface area (Å²) in [5.74, 6) is 0.713. The van der Waals surface area contributed by atoms with E-state index in [0.717, 1.165) is 26.1 Å². The van der Waals surface area contributed by atoms with Crippen molar-refractivity contribution in [1.29, 1.82) is 0 Å². The van der Waals surface area contributed by atoms with E-state index in [0.29, 0.717) is 18.5 Å². The molecule has 1 aromatic rings. The van der Waals surface area contributed by atoms with Crippen LogP contribution < -0.4 is 4.72 Å². The predicted octanol–water partition coefficient (Wildman–Crippen LogP) is 1.06. The van der Waals surface area contributed by atoms with Gasteiger partial charge in [0.1, 0.15) is 0 Å². The topological polar surface area (TPSA) is 70.5 Å². The number of piperidine rings is 1. The number of sulfonamides is 1. The second kappa shape index (κ2) is 9.12. The van der Waals surface area contributed by atoms with Crippen LogP contribution in [0.1, 0.15) is 37.8 Å². The first-order valence-electron chi connectivity index (χ1n) is 9.17. The predicted molar refractivity (Wildman–Crippen MR) is 101 cm³/mol. The maximum atomic E-state index is 11.5. The van der Waals surface area contributed by atoms with Gasteiger partial charge < -0.3 is 4.90 Å². The van der Waals surface area contributed by atoms with Gasteiger partial charge in [0.2, 0.25) is 10.0 Å². The highest BCUT2D eigenvalue weighted by Crippen LogP contribution is 2.35. The van der Waals surface area contributed by atoms with Gasteiger partial charge in [-0.3, -0.25) is 9.58 Å². The molecule has 2 rings (SSSR count). The Balaban J connectivity index is 1.86. The molecule has 0 unspecified atom stereocenters. The number of nitrogens with zero attached hydrogens (tertiary/aromatic N) is 4. The quantitative estimate of drug-likeness (QED) is 0.658. The van der Waals surface area contributed by atoms with Crippen LogP contribution in [0.15, 0.2) is 12.4 Å². The molecule has 0 saturated carbocycles. The Hall–Kier alpha value is -0.960. The zero-order chi connectivity index (χ0) is 18.4. The van der Waals surface area contributed by atoms with E-state index in [9.17, 15) is 8.42 Å². The Morgan fingerprint density at radius 2 is 2.16 bits per heavy atom.